The summed E-state index contributed by atoms with van der Waals surface area (Å²) in [6.07, 6.45) is 3.64. The summed E-state index contributed by atoms with van der Waals surface area (Å²) in [4.78, 5) is 19.4. The van der Waals surface area contributed by atoms with E-state index in [0.717, 1.165) is 25.5 Å². The van der Waals surface area contributed by atoms with Crippen molar-refractivity contribution in [3.8, 4) is 0 Å². The van der Waals surface area contributed by atoms with Gasteiger partial charge in [-0.3, -0.25) is 9.69 Å². The van der Waals surface area contributed by atoms with Crippen LogP contribution in [0.1, 0.15) is 11.9 Å². The lowest BCUT2D eigenvalue weighted by atomic mass is 10.1. The van der Waals surface area contributed by atoms with Crippen molar-refractivity contribution in [1.82, 2.24) is 19.8 Å². The minimum Gasteiger partial charge on any atom is -0.337 e. The Morgan fingerprint density at radius 3 is 2.78 bits per heavy atom. The molecule has 1 aromatic heterocycles. The molecule has 1 aliphatic rings. The highest BCUT2D eigenvalue weighted by Gasteiger charge is 2.28. The fourth-order valence-electron chi connectivity index (χ4n) is 2.99. The topological polar surface area (TPSA) is 62.2 Å². The van der Waals surface area contributed by atoms with E-state index in [2.05, 4.69) is 20.5 Å². The maximum Gasteiger partial charge on any atom is 0.288 e. The number of aryl methyl sites for hydroxylation is 1. The van der Waals surface area contributed by atoms with E-state index in [1.165, 1.54) is 0 Å². The minimum atomic E-state index is -2.45. The number of anilines is 1. The van der Waals surface area contributed by atoms with E-state index < -0.39 is 5.76 Å². The van der Waals surface area contributed by atoms with Crippen molar-refractivity contribution < 1.29 is 13.6 Å². The highest BCUT2D eigenvalue weighted by Crippen LogP contribution is 2.26. The Kier molecular flexibility index (Phi) is 8.03. The molecule has 1 amide bonds. The zero-order chi connectivity index (χ0) is 18.5. The maximum absolute atomic E-state index is 12.4. The summed E-state index contributed by atoms with van der Waals surface area (Å²) in [6.45, 7) is 2.53. The van der Waals surface area contributed by atoms with Crippen molar-refractivity contribution in [3.05, 3.63) is 42.5 Å². The van der Waals surface area contributed by atoms with Crippen LogP contribution >= 0.6 is 24.2 Å². The molecule has 2 N–H and O–H groups in total. The lowest BCUT2D eigenvalue weighted by Crippen LogP contribution is -2.49. The van der Waals surface area contributed by atoms with Crippen molar-refractivity contribution >= 4 is 35.8 Å². The van der Waals surface area contributed by atoms with Crippen LogP contribution in [-0.2, 0) is 11.8 Å². The Hall–Kier alpha value is -1.68. The third-order valence-electron chi connectivity index (χ3n) is 4.22. The summed E-state index contributed by atoms with van der Waals surface area (Å²) in [5, 5.41) is 6.16. The Labute approximate surface area is 167 Å². The number of amides is 1. The lowest BCUT2D eigenvalue weighted by Gasteiger charge is -2.35. The molecule has 0 saturated carbocycles. The second kappa shape index (κ2) is 10.0. The van der Waals surface area contributed by atoms with Gasteiger partial charge in [-0.25, -0.2) is 4.98 Å². The molecule has 148 valence electrons. The summed E-state index contributed by atoms with van der Waals surface area (Å²) in [6, 6.07) is 6.45. The van der Waals surface area contributed by atoms with Gasteiger partial charge in [-0.15, -0.1) is 12.4 Å². The first kappa shape index (κ1) is 21.6. The van der Waals surface area contributed by atoms with Crippen molar-refractivity contribution in [1.29, 1.82) is 0 Å². The third kappa shape index (κ3) is 5.90. The standard InChI is InChI=1S/C17H21F2N5OS.ClH/c1-23-8-7-21-16(23)14-10-20-6-9-24(14)11-15(25)22-12-2-4-13(5-3-12)26-17(18)19;/h2-5,7-8,14,17,20H,6,9-11H2,1H3,(H,22,25);1H. The molecular weight excluding hydrogens is 396 g/mol. The van der Waals surface area contributed by atoms with Crippen LogP contribution in [-0.4, -0.2) is 52.3 Å². The SMILES string of the molecule is Cl.Cn1ccnc1C1CNCCN1CC(=O)Nc1ccc(SC(F)F)cc1. The molecule has 6 nitrogen and oxygen atoms in total. The zero-order valence-corrected chi connectivity index (χ0v) is 16.4. The number of aromatic nitrogens is 2. The lowest BCUT2D eigenvalue weighted by molar-refractivity contribution is -0.118. The first-order chi connectivity index (χ1) is 12.5. The first-order valence-electron chi connectivity index (χ1n) is 8.29. The van der Waals surface area contributed by atoms with Crippen LogP contribution in [0.15, 0.2) is 41.6 Å². The summed E-state index contributed by atoms with van der Waals surface area (Å²) >= 11 is 0.484. The molecule has 1 aliphatic heterocycles. The third-order valence-corrected chi connectivity index (χ3v) is 4.94. The number of rotatable bonds is 6. The molecular formula is C17H22ClF2N5OS. The van der Waals surface area contributed by atoms with Gasteiger partial charge in [0.15, 0.2) is 0 Å². The molecule has 1 unspecified atom stereocenters. The van der Waals surface area contributed by atoms with E-state index in [9.17, 15) is 13.6 Å². The second-order valence-electron chi connectivity index (χ2n) is 6.04. The number of nitrogens with one attached hydrogen (secondary N) is 2. The Morgan fingerprint density at radius 1 is 1.41 bits per heavy atom. The van der Waals surface area contributed by atoms with Gasteiger partial charge >= 0.3 is 0 Å². The molecule has 3 rings (SSSR count). The molecule has 0 bridgehead atoms. The van der Waals surface area contributed by atoms with E-state index in [1.54, 1.807) is 30.5 Å². The number of carbonyl (C=O) groups excluding carboxylic acids is 1. The molecule has 1 aromatic carbocycles. The van der Waals surface area contributed by atoms with E-state index in [4.69, 9.17) is 0 Å². The first-order valence-corrected chi connectivity index (χ1v) is 9.17. The normalized spacial score (nSPS) is 17.6. The van der Waals surface area contributed by atoms with Crippen LogP contribution in [0.5, 0.6) is 0 Å². The van der Waals surface area contributed by atoms with Crippen LogP contribution in [0.4, 0.5) is 14.5 Å². The van der Waals surface area contributed by atoms with Gasteiger partial charge in [-0.2, -0.15) is 8.78 Å². The number of carbonyl (C=O) groups is 1. The number of alkyl halides is 2. The molecule has 1 atom stereocenters. The van der Waals surface area contributed by atoms with Gasteiger partial charge in [0.2, 0.25) is 5.91 Å². The van der Waals surface area contributed by atoms with Crippen molar-refractivity contribution in [2.45, 2.75) is 16.7 Å². The molecule has 0 aliphatic carbocycles. The second-order valence-corrected chi connectivity index (χ2v) is 7.10. The van der Waals surface area contributed by atoms with Crippen LogP contribution < -0.4 is 10.6 Å². The van der Waals surface area contributed by atoms with E-state index in [1.807, 2.05) is 17.8 Å². The average Bonchev–Trinajstić information content (AvgIpc) is 3.02. The molecule has 0 spiro atoms. The minimum absolute atomic E-state index is 0. The molecule has 1 fully saturated rings. The Morgan fingerprint density at radius 2 is 2.15 bits per heavy atom. The number of thioether (sulfide) groups is 1. The largest absolute Gasteiger partial charge is 0.337 e. The predicted molar refractivity (Wildman–Crippen MR) is 105 cm³/mol. The summed E-state index contributed by atoms with van der Waals surface area (Å²) in [7, 11) is 1.94. The predicted octanol–water partition coefficient (Wildman–Crippen LogP) is 2.74. The number of hydrogen-bond donors (Lipinski definition) is 2. The number of imidazole rings is 1. The van der Waals surface area contributed by atoms with Crippen LogP contribution in [0, 0.1) is 0 Å². The van der Waals surface area contributed by atoms with Gasteiger partial charge in [0, 0.05) is 49.7 Å². The highest BCUT2D eigenvalue weighted by atomic mass is 35.5. The molecule has 0 radical (unpaired) electrons. The van der Waals surface area contributed by atoms with Gasteiger partial charge in [0.05, 0.1) is 12.6 Å². The highest BCUT2D eigenvalue weighted by molar-refractivity contribution is 7.99. The number of halogens is 3. The molecule has 2 heterocycles. The van der Waals surface area contributed by atoms with Crippen LogP contribution in [0.2, 0.25) is 0 Å². The fraction of sp³-hybridized carbons (Fsp3) is 0.412. The molecule has 1 saturated heterocycles. The monoisotopic (exact) mass is 417 g/mol. The molecule has 27 heavy (non-hydrogen) atoms. The number of benzene rings is 1. The van der Waals surface area contributed by atoms with E-state index in [0.29, 0.717) is 22.3 Å². The number of hydrogen-bond acceptors (Lipinski definition) is 5. The smallest absolute Gasteiger partial charge is 0.288 e. The summed E-state index contributed by atoms with van der Waals surface area (Å²) < 4.78 is 26.7. The van der Waals surface area contributed by atoms with E-state index in [-0.39, 0.29) is 30.9 Å². The zero-order valence-electron chi connectivity index (χ0n) is 14.8. The fourth-order valence-corrected chi connectivity index (χ4v) is 3.49. The quantitative estimate of drug-likeness (QED) is 0.708. The van der Waals surface area contributed by atoms with Crippen LogP contribution in [0.25, 0.3) is 0 Å². The van der Waals surface area contributed by atoms with Crippen molar-refractivity contribution in [2.75, 3.05) is 31.5 Å². The number of piperazine rings is 1. The van der Waals surface area contributed by atoms with Gasteiger partial charge in [0.1, 0.15) is 5.82 Å². The summed E-state index contributed by atoms with van der Waals surface area (Å²) in [5.74, 6) is -1.68. The molecule has 2 aromatic rings. The van der Waals surface area contributed by atoms with Gasteiger partial charge < -0.3 is 15.2 Å². The average molecular weight is 418 g/mol. The van der Waals surface area contributed by atoms with Gasteiger partial charge in [0.25, 0.3) is 5.76 Å². The van der Waals surface area contributed by atoms with Crippen molar-refractivity contribution in [2.24, 2.45) is 7.05 Å². The van der Waals surface area contributed by atoms with Gasteiger partial charge in [-0.05, 0) is 24.3 Å². The Bertz CT molecular complexity index is 743. The van der Waals surface area contributed by atoms with Crippen LogP contribution in [0.3, 0.4) is 0 Å². The number of nitrogens with zero attached hydrogens (tertiary/aromatic N) is 3. The Balaban J connectivity index is 0.00000261. The van der Waals surface area contributed by atoms with Gasteiger partial charge in [-0.1, -0.05) is 11.8 Å². The summed E-state index contributed by atoms with van der Waals surface area (Å²) in [5.41, 5.74) is 0.595. The maximum atomic E-state index is 12.4. The molecule has 10 heteroatoms. The van der Waals surface area contributed by atoms with Crippen molar-refractivity contribution in [3.63, 3.8) is 0 Å². The van der Waals surface area contributed by atoms with E-state index >= 15 is 0 Å².